The third kappa shape index (κ3) is 54.1. The molecular formula is C62H110O6. The van der Waals surface area contributed by atoms with Gasteiger partial charge in [0, 0.05) is 19.3 Å². The average Bonchev–Trinajstić information content (AvgIpc) is 3.34. The maximum atomic E-state index is 12.8. The molecule has 0 saturated heterocycles. The van der Waals surface area contributed by atoms with Crippen LogP contribution in [0.2, 0.25) is 0 Å². The number of hydrogen-bond acceptors (Lipinski definition) is 6. The molecule has 68 heavy (non-hydrogen) atoms. The molecule has 0 aromatic heterocycles. The van der Waals surface area contributed by atoms with E-state index in [-0.39, 0.29) is 31.1 Å². The van der Waals surface area contributed by atoms with E-state index in [0.717, 1.165) is 96.3 Å². The first-order valence-electron chi connectivity index (χ1n) is 29.3. The van der Waals surface area contributed by atoms with Gasteiger partial charge in [-0.3, -0.25) is 14.4 Å². The summed E-state index contributed by atoms with van der Waals surface area (Å²) in [7, 11) is 0. The molecule has 0 spiro atoms. The van der Waals surface area contributed by atoms with E-state index in [1.807, 2.05) is 0 Å². The van der Waals surface area contributed by atoms with Crippen molar-refractivity contribution in [2.45, 2.75) is 303 Å². The highest BCUT2D eigenvalue weighted by Crippen LogP contribution is 2.16. The molecule has 1 atom stereocenters. The predicted octanol–water partition coefficient (Wildman–Crippen LogP) is 19.6. The molecule has 1 unspecified atom stereocenters. The van der Waals surface area contributed by atoms with Crippen LogP contribution in [0.25, 0.3) is 0 Å². The number of ether oxygens (including phenoxy) is 3. The second-order valence-corrected chi connectivity index (χ2v) is 19.5. The Morgan fingerprint density at radius 2 is 0.574 bits per heavy atom. The Bertz CT molecular complexity index is 1230. The number of esters is 3. The van der Waals surface area contributed by atoms with E-state index in [4.69, 9.17) is 14.2 Å². The SMILES string of the molecule is CC/C=C\C/C=C\C/C=C\CCCCCC(=O)OCC(COC(=O)CCCCCCCCCCCCC/C=C\CCCCCCCCCC)OC(=O)CCCCCCC/C=C\CCCCCCC. The highest BCUT2D eigenvalue weighted by molar-refractivity contribution is 5.71. The van der Waals surface area contributed by atoms with Crippen molar-refractivity contribution in [1.29, 1.82) is 0 Å². The van der Waals surface area contributed by atoms with Crippen molar-refractivity contribution in [3.63, 3.8) is 0 Å². The van der Waals surface area contributed by atoms with Crippen molar-refractivity contribution in [1.82, 2.24) is 0 Å². The second-order valence-electron chi connectivity index (χ2n) is 19.5. The summed E-state index contributed by atoms with van der Waals surface area (Å²) in [5, 5.41) is 0. The van der Waals surface area contributed by atoms with Gasteiger partial charge in [-0.05, 0) is 103 Å². The zero-order chi connectivity index (χ0) is 49.3. The summed E-state index contributed by atoms with van der Waals surface area (Å²) < 4.78 is 16.8. The van der Waals surface area contributed by atoms with Gasteiger partial charge in [0.2, 0.25) is 0 Å². The van der Waals surface area contributed by atoms with E-state index in [9.17, 15) is 14.4 Å². The monoisotopic (exact) mass is 951 g/mol. The molecule has 0 bridgehead atoms. The van der Waals surface area contributed by atoms with Crippen molar-refractivity contribution in [3.05, 3.63) is 60.8 Å². The summed E-state index contributed by atoms with van der Waals surface area (Å²) in [6.07, 6.45) is 70.8. The van der Waals surface area contributed by atoms with E-state index in [1.165, 1.54) is 161 Å². The molecule has 0 saturated carbocycles. The number of carbonyl (C=O) groups is 3. The summed E-state index contributed by atoms with van der Waals surface area (Å²) in [5.41, 5.74) is 0. The Morgan fingerprint density at radius 3 is 0.926 bits per heavy atom. The summed E-state index contributed by atoms with van der Waals surface area (Å²) in [6, 6.07) is 0. The van der Waals surface area contributed by atoms with Crippen molar-refractivity contribution < 1.29 is 28.6 Å². The largest absolute Gasteiger partial charge is 0.462 e. The zero-order valence-corrected chi connectivity index (χ0v) is 45.1. The fourth-order valence-corrected chi connectivity index (χ4v) is 8.33. The lowest BCUT2D eigenvalue weighted by Crippen LogP contribution is -2.30. The van der Waals surface area contributed by atoms with E-state index in [1.54, 1.807) is 0 Å². The van der Waals surface area contributed by atoms with E-state index in [0.29, 0.717) is 19.3 Å². The second kappa shape index (κ2) is 56.7. The molecule has 0 rings (SSSR count). The molecule has 0 radical (unpaired) electrons. The van der Waals surface area contributed by atoms with Gasteiger partial charge >= 0.3 is 17.9 Å². The van der Waals surface area contributed by atoms with Gasteiger partial charge in [-0.15, -0.1) is 0 Å². The summed E-state index contributed by atoms with van der Waals surface area (Å²) in [5.74, 6) is -0.917. The minimum Gasteiger partial charge on any atom is -0.462 e. The van der Waals surface area contributed by atoms with Crippen molar-refractivity contribution in [3.8, 4) is 0 Å². The number of unbranched alkanes of at least 4 members (excludes halogenated alkanes) is 32. The van der Waals surface area contributed by atoms with Crippen LogP contribution in [0, 0.1) is 0 Å². The molecule has 0 N–H and O–H groups in total. The minimum absolute atomic E-state index is 0.0862. The van der Waals surface area contributed by atoms with Gasteiger partial charge in [0.05, 0.1) is 0 Å². The third-order valence-electron chi connectivity index (χ3n) is 12.7. The lowest BCUT2D eigenvalue weighted by Gasteiger charge is -2.18. The van der Waals surface area contributed by atoms with E-state index >= 15 is 0 Å². The first-order valence-corrected chi connectivity index (χ1v) is 29.3. The fraction of sp³-hybridized carbons (Fsp3) is 0.790. The van der Waals surface area contributed by atoms with Gasteiger partial charge in [0.1, 0.15) is 13.2 Å². The fourth-order valence-electron chi connectivity index (χ4n) is 8.33. The predicted molar refractivity (Wildman–Crippen MR) is 293 cm³/mol. The van der Waals surface area contributed by atoms with E-state index < -0.39 is 6.10 Å². The van der Waals surface area contributed by atoms with E-state index in [2.05, 4.69) is 81.5 Å². The molecule has 394 valence electrons. The molecule has 0 aliphatic carbocycles. The van der Waals surface area contributed by atoms with Crippen molar-refractivity contribution in [2.75, 3.05) is 13.2 Å². The third-order valence-corrected chi connectivity index (χ3v) is 12.7. The van der Waals surface area contributed by atoms with Crippen LogP contribution in [0.3, 0.4) is 0 Å². The Labute approximate surface area is 421 Å². The summed E-state index contributed by atoms with van der Waals surface area (Å²) >= 11 is 0. The number of rotatable bonds is 53. The lowest BCUT2D eigenvalue weighted by molar-refractivity contribution is -0.167. The van der Waals surface area contributed by atoms with Crippen molar-refractivity contribution in [2.24, 2.45) is 0 Å². The van der Waals surface area contributed by atoms with Gasteiger partial charge in [-0.25, -0.2) is 0 Å². The van der Waals surface area contributed by atoms with Crippen LogP contribution in [0.1, 0.15) is 297 Å². The van der Waals surface area contributed by atoms with Crippen LogP contribution in [0.15, 0.2) is 60.8 Å². The van der Waals surface area contributed by atoms with Crippen molar-refractivity contribution >= 4 is 17.9 Å². The van der Waals surface area contributed by atoms with Crippen LogP contribution in [0.4, 0.5) is 0 Å². The Morgan fingerprint density at radius 1 is 0.309 bits per heavy atom. The Kier molecular flexibility index (Phi) is 54.3. The first kappa shape index (κ1) is 65.1. The Balaban J connectivity index is 4.30. The van der Waals surface area contributed by atoms with Crippen LogP contribution in [0.5, 0.6) is 0 Å². The van der Waals surface area contributed by atoms with Crippen LogP contribution in [-0.2, 0) is 28.6 Å². The summed E-state index contributed by atoms with van der Waals surface area (Å²) in [6.45, 7) is 6.51. The molecule has 0 aromatic carbocycles. The van der Waals surface area contributed by atoms with Gasteiger partial charge in [-0.2, -0.15) is 0 Å². The maximum Gasteiger partial charge on any atom is 0.306 e. The van der Waals surface area contributed by atoms with Crippen LogP contribution >= 0.6 is 0 Å². The molecule has 6 nitrogen and oxygen atoms in total. The van der Waals surface area contributed by atoms with Gasteiger partial charge < -0.3 is 14.2 Å². The normalized spacial score (nSPS) is 12.5. The quantitative estimate of drug-likeness (QED) is 0.0262. The van der Waals surface area contributed by atoms with Gasteiger partial charge in [0.15, 0.2) is 6.10 Å². The standard InChI is InChI=1S/C62H110O6/c1-4-7-10-13-16-19-22-25-27-28-29-30-31-32-33-34-35-38-40-43-46-49-52-55-61(64)67-58-59(57-66-60(63)54-51-48-45-42-39-36-24-21-18-15-12-9-6-3)68-62(65)56-53-50-47-44-41-37-26-23-20-17-14-11-8-5-2/h9,12,18,21,23,26,28-29,36,39,59H,4-8,10-11,13-17,19-20,22,24-25,27,30-35,37-38,40-58H2,1-3H3/b12-9-,21-18-,26-23-,29-28-,39-36-. The topological polar surface area (TPSA) is 78.9 Å². The van der Waals surface area contributed by atoms with Gasteiger partial charge in [-0.1, -0.05) is 236 Å². The molecular weight excluding hydrogens is 841 g/mol. The number of carbonyl (C=O) groups excluding carboxylic acids is 3. The molecule has 0 fully saturated rings. The Hall–Kier alpha value is -2.89. The molecule has 0 heterocycles. The highest BCUT2D eigenvalue weighted by atomic mass is 16.6. The summed E-state index contributed by atoms with van der Waals surface area (Å²) in [4.78, 5) is 38.1. The first-order chi connectivity index (χ1) is 33.5. The smallest absolute Gasteiger partial charge is 0.306 e. The van der Waals surface area contributed by atoms with Crippen LogP contribution < -0.4 is 0 Å². The molecule has 0 amide bonds. The highest BCUT2D eigenvalue weighted by Gasteiger charge is 2.19. The minimum atomic E-state index is -0.790. The maximum absolute atomic E-state index is 12.8. The lowest BCUT2D eigenvalue weighted by atomic mass is 10.0. The molecule has 0 aromatic rings. The molecule has 6 heteroatoms. The average molecular weight is 952 g/mol. The molecule has 0 aliphatic heterocycles. The number of allylic oxidation sites excluding steroid dienone is 10. The molecule has 0 aliphatic rings. The number of hydrogen-bond donors (Lipinski definition) is 0. The van der Waals surface area contributed by atoms with Crippen LogP contribution in [-0.4, -0.2) is 37.2 Å². The van der Waals surface area contributed by atoms with Gasteiger partial charge in [0.25, 0.3) is 0 Å². The zero-order valence-electron chi connectivity index (χ0n) is 45.1.